The van der Waals surface area contributed by atoms with Crippen molar-refractivity contribution in [2.75, 3.05) is 0 Å². The van der Waals surface area contributed by atoms with E-state index in [9.17, 15) is 0 Å². The number of aromatic amines is 1. The number of nitrogens with zero attached hydrogens (tertiary/aromatic N) is 1. The third-order valence-corrected chi connectivity index (χ3v) is 1.56. The van der Waals surface area contributed by atoms with Crippen LogP contribution in [0.15, 0.2) is 24.6 Å². The van der Waals surface area contributed by atoms with Gasteiger partial charge in [0.15, 0.2) is 0 Å². The van der Waals surface area contributed by atoms with E-state index in [2.05, 4.69) is 16.5 Å². The van der Waals surface area contributed by atoms with Crippen molar-refractivity contribution in [3.63, 3.8) is 0 Å². The Morgan fingerprint density at radius 3 is 2.91 bits per heavy atom. The van der Waals surface area contributed by atoms with E-state index in [1.54, 1.807) is 6.33 Å². The van der Waals surface area contributed by atoms with Gasteiger partial charge in [0, 0.05) is 5.69 Å². The summed E-state index contributed by atoms with van der Waals surface area (Å²) >= 11 is 0. The molecule has 0 spiro atoms. The van der Waals surface area contributed by atoms with Gasteiger partial charge in [-0.3, -0.25) is 0 Å². The summed E-state index contributed by atoms with van der Waals surface area (Å²) in [4.78, 5) is 7.13. The van der Waals surface area contributed by atoms with Crippen LogP contribution >= 0.6 is 0 Å². The standard InChI is InChI=1S/C9H12N2/c1-4-7(2)5-9-8(3)10-6-11-9/h4-6H,1H2,2-3H3,(H,10,11)/b7-5-. The van der Waals surface area contributed by atoms with Gasteiger partial charge >= 0.3 is 0 Å². The minimum Gasteiger partial charge on any atom is -0.348 e. The Labute approximate surface area is 66.7 Å². The molecule has 1 aromatic heterocycles. The first kappa shape index (κ1) is 7.79. The highest BCUT2D eigenvalue weighted by Gasteiger charge is 1.94. The minimum atomic E-state index is 0.988. The number of hydrogen-bond donors (Lipinski definition) is 1. The molecule has 11 heavy (non-hydrogen) atoms. The van der Waals surface area contributed by atoms with Gasteiger partial charge in [0.25, 0.3) is 0 Å². The van der Waals surface area contributed by atoms with Crippen LogP contribution < -0.4 is 0 Å². The Hall–Kier alpha value is -1.31. The van der Waals surface area contributed by atoms with Gasteiger partial charge in [-0.1, -0.05) is 12.7 Å². The van der Waals surface area contributed by atoms with Gasteiger partial charge in [0.2, 0.25) is 0 Å². The van der Waals surface area contributed by atoms with Gasteiger partial charge in [0.05, 0.1) is 12.0 Å². The number of rotatable bonds is 2. The SMILES string of the molecule is C=C/C(C)=C\c1nc[nH]c1C. The molecule has 0 radical (unpaired) electrons. The second-order valence-electron chi connectivity index (χ2n) is 2.51. The molecular weight excluding hydrogens is 136 g/mol. The second kappa shape index (κ2) is 3.19. The van der Waals surface area contributed by atoms with E-state index in [0.29, 0.717) is 0 Å². The number of hydrogen-bond acceptors (Lipinski definition) is 1. The lowest BCUT2D eigenvalue weighted by molar-refractivity contribution is 1.25. The second-order valence-corrected chi connectivity index (χ2v) is 2.51. The van der Waals surface area contributed by atoms with E-state index in [1.165, 1.54) is 0 Å². The van der Waals surface area contributed by atoms with Crippen LogP contribution in [0.3, 0.4) is 0 Å². The van der Waals surface area contributed by atoms with E-state index in [0.717, 1.165) is 17.0 Å². The number of aromatic nitrogens is 2. The molecule has 0 bridgehead atoms. The van der Waals surface area contributed by atoms with Crippen LogP contribution in [0.2, 0.25) is 0 Å². The molecule has 0 atom stereocenters. The molecule has 0 unspecified atom stereocenters. The Bertz CT molecular complexity index is 282. The zero-order valence-electron chi connectivity index (χ0n) is 6.89. The molecule has 1 aromatic rings. The van der Waals surface area contributed by atoms with Gasteiger partial charge in [-0.25, -0.2) is 4.98 Å². The quantitative estimate of drug-likeness (QED) is 0.640. The number of imidazole rings is 1. The molecule has 0 amide bonds. The highest BCUT2D eigenvalue weighted by molar-refractivity contribution is 5.53. The summed E-state index contributed by atoms with van der Waals surface area (Å²) < 4.78 is 0. The van der Waals surface area contributed by atoms with Crippen LogP contribution in [0, 0.1) is 6.92 Å². The molecule has 0 aliphatic carbocycles. The smallest absolute Gasteiger partial charge is 0.0929 e. The van der Waals surface area contributed by atoms with Gasteiger partial charge in [-0.2, -0.15) is 0 Å². The predicted octanol–water partition coefficient (Wildman–Crippen LogP) is 2.31. The highest BCUT2D eigenvalue weighted by atomic mass is 14.9. The fraction of sp³-hybridized carbons (Fsp3) is 0.222. The predicted molar refractivity (Wildman–Crippen MR) is 47.2 cm³/mol. The molecule has 0 aliphatic rings. The molecule has 1 N–H and O–H groups in total. The van der Waals surface area contributed by atoms with E-state index in [4.69, 9.17) is 0 Å². The molecular formula is C9H12N2. The zero-order valence-corrected chi connectivity index (χ0v) is 6.89. The maximum atomic E-state index is 4.12. The monoisotopic (exact) mass is 148 g/mol. The molecule has 0 saturated carbocycles. The summed E-state index contributed by atoms with van der Waals surface area (Å²) in [6, 6.07) is 0. The molecule has 0 fully saturated rings. The summed E-state index contributed by atoms with van der Waals surface area (Å²) in [5.41, 5.74) is 3.20. The first-order valence-electron chi connectivity index (χ1n) is 3.54. The van der Waals surface area contributed by atoms with Gasteiger partial charge < -0.3 is 4.98 Å². The lowest BCUT2D eigenvalue weighted by atomic mass is 10.2. The van der Waals surface area contributed by atoms with E-state index in [1.807, 2.05) is 26.0 Å². The molecule has 58 valence electrons. The average molecular weight is 148 g/mol. The van der Waals surface area contributed by atoms with Crippen LogP contribution in [0.25, 0.3) is 6.08 Å². The summed E-state index contributed by atoms with van der Waals surface area (Å²) in [5.74, 6) is 0. The third-order valence-electron chi connectivity index (χ3n) is 1.56. The Balaban J connectivity index is 2.94. The van der Waals surface area contributed by atoms with Gasteiger partial charge in [-0.15, -0.1) is 0 Å². The van der Waals surface area contributed by atoms with Crippen molar-refractivity contribution in [3.05, 3.63) is 35.9 Å². The number of nitrogens with one attached hydrogen (secondary N) is 1. The topological polar surface area (TPSA) is 28.7 Å². The first-order valence-corrected chi connectivity index (χ1v) is 3.54. The average Bonchev–Trinajstić information content (AvgIpc) is 2.37. The summed E-state index contributed by atoms with van der Waals surface area (Å²) in [7, 11) is 0. The van der Waals surface area contributed by atoms with Crippen LogP contribution in [0.5, 0.6) is 0 Å². The van der Waals surface area contributed by atoms with Crippen molar-refractivity contribution in [1.29, 1.82) is 0 Å². The van der Waals surface area contributed by atoms with Gasteiger partial charge in [-0.05, 0) is 25.5 Å². The van der Waals surface area contributed by atoms with Crippen LogP contribution in [0.1, 0.15) is 18.3 Å². The van der Waals surface area contributed by atoms with Crippen LogP contribution in [-0.2, 0) is 0 Å². The van der Waals surface area contributed by atoms with Crippen molar-refractivity contribution in [2.45, 2.75) is 13.8 Å². The Kier molecular flexibility index (Phi) is 2.26. The van der Waals surface area contributed by atoms with Crippen molar-refractivity contribution in [1.82, 2.24) is 9.97 Å². The lowest BCUT2D eigenvalue weighted by Crippen LogP contribution is -1.77. The third kappa shape index (κ3) is 1.80. The minimum absolute atomic E-state index is 0.988. The largest absolute Gasteiger partial charge is 0.348 e. The molecule has 0 saturated heterocycles. The number of allylic oxidation sites excluding steroid dienone is 2. The highest BCUT2D eigenvalue weighted by Crippen LogP contribution is 2.06. The van der Waals surface area contributed by atoms with Crippen molar-refractivity contribution in [2.24, 2.45) is 0 Å². The summed E-state index contributed by atoms with van der Waals surface area (Å²) in [5, 5.41) is 0. The number of H-pyrrole nitrogens is 1. The maximum Gasteiger partial charge on any atom is 0.0929 e. The molecule has 1 rings (SSSR count). The molecule has 0 aliphatic heterocycles. The van der Waals surface area contributed by atoms with Crippen LogP contribution in [-0.4, -0.2) is 9.97 Å². The fourth-order valence-electron chi connectivity index (χ4n) is 0.790. The summed E-state index contributed by atoms with van der Waals surface area (Å²) in [6.45, 7) is 7.66. The maximum absolute atomic E-state index is 4.12. The van der Waals surface area contributed by atoms with Crippen molar-refractivity contribution < 1.29 is 0 Å². The Morgan fingerprint density at radius 1 is 1.73 bits per heavy atom. The lowest BCUT2D eigenvalue weighted by Gasteiger charge is -1.90. The molecule has 1 heterocycles. The van der Waals surface area contributed by atoms with E-state index in [-0.39, 0.29) is 0 Å². The first-order chi connectivity index (χ1) is 5.24. The summed E-state index contributed by atoms with van der Waals surface area (Å²) in [6.07, 6.45) is 5.50. The fourth-order valence-corrected chi connectivity index (χ4v) is 0.790. The van der Waals surface area contributed by atoms with Crippen molar-refractivity contribution in [3.8, 4) is 0 Å². The molecule has 2 heteroatoms. The van der Waals surface area contributed by atoms with E-state index < -0.39 is 0 Å². The van der Waals surface area contributed by atoms with Crippen LogP contribution in [0.4, 0.5) is 0 Å². The van der Waals surface area contributed by atoms with Crippen molar-refractivity contribution >= 4 is 6.08 Å². The molecule has 2 nitrogen and oxygen atoms in total. The zero-order chi connectivity index (χ0) is 8.27. The Morgan fingerprint density at radius 2 is 2.45 bits per heavy atom. The molecule has 0 aromatic carbocycles. The van der Waals surface area contributed by atoms with E-state index >= 15 is 0 Å². The number of aryl methyl sites for hydroxylation is 1. The van der Waals surface area contributed by atoms with Gasteiger partial charge in [0.1, 0.15) is 0 Å². The normalized spacial score (nSPS) is 11.6.